The molecule has 2 amide bonds. The number of amides is 2. The van der Waals surface area contributed by atoms with Crippen molar-refractivity contribution in [2.24, 2.45) is 5.73 Å². The molecule has 1 aromatic carbocycles. The van der Waals surface area contributed by atoms with Gasteiger partial charge in [0.2, 0.25) is 5.91 Å². The normalized spacial score (nSPS) is 11.6. The second kappa shape index (κ2) is 7.19. The Morgan fingerprint density at radius 3 is 2.52 bits per heavy atom. The zero-order valence-corrected chi connectivity index (χ0v) is 11.5. The summed E-state index contributed by atoms with van der Waals surface area (Å²) in [5.41, 5.74) is 6.86. The SMILES string of the molecule is NC(=O)[C@H](CCc1ccccc1)NC(=O)c1cccnc1. The van der Waals surface area contributed by atoms with Crippen LogP contribution in [-0.4, -0.2) is 22.8 Å². The molecule has 0 bridgehead atoms. The van der Waals surface area contributed by atoms with Gasteiger partial charge in [0, 0.05) is 12.4 Å². The van der Waals surface area contributed by atoms with Crippen LogP contribution in [0.25, 0.3) is 0 Å². The Hall–Kier alpha value is -2.69. The fourth-order valence-electron chi connectivity index (χ4n) is 1.98. The van der Waals surface area contributed by atoms with Crippen LogP contribution in [0.1, 0.15) is 22.3 Å². The Kier molecular flexibility index (Phi) is 5.04. The average molecular weight is 283 g/mol. The number of nitrogens with two attached hydrogens (primary N) is 1. The van der Waals surface area contributed by atoms with Crippen molar-refractivity contribution < 1.29 is 9.59 Å². The quantitative estimate of drug-likeness (QED) is 0.838. The number of pyridine rings is 1. The molecule has 0 aliphatic carbocycles. The van der Waals surface area contributed by atoms with Gasteiger partial charge < -0.3 is 11.1 Å². The molecule has 21 heavy (non-hydrogen) atoms. The highest BCUT2D eigenvalue weighted by Crippen LogP contribution is 2.06. The molecule has 0 unspecified atom stereocenters. The molecule has 2 aromatic rings. The van der Waals surface area contributed by atoms with E-state index in [1.54, 1.807) is 18.3 Å². The van der Waals surface area contributed by atoms with Crippen LogP contribution in [-0.2, 0) is 11.2 Å². The number of hydrogen-bond donors (Lipinski definition) is 2. The Labute approximate surface area is 123 Å². The van der Waals surface area contributed by atoms with E-state index in [2.05, 4.69) is 10.3 Å². The molecule has 2 rings (SSSR count). The van der Waals surface area contributed by atoms with Crippen LogP contribution < -0.4 is 11.1 Å². The first kappa shape index (κ1) is 14.7. The number of carbonyl (C=O) groups is 2. The highest BCUT2D eigenvalue weighted by molar-refractivity contribution is 5.96. The molecular weight excluding hydrogens is 266 g/mol. The zero-order valence-electron chi connectivity index (χ0n) is 11.5. The molecule has 0 aliphatic heterocycles. The van der Waals surface area contributed by atoms with E-state index in [0.717, 1.165) is 5.56 Å². The molecule has 1 aromatic heterocycles. The number of nitrogens with zero attached hydrogens (tertiary/aromatic N) is 1. The van der Waals surface area contributed by atoms with Crippen molar-refractivity contribution in [3.8, 4) is 0 Å². The first-order valence-corrected chi connectivity index (χ1v) is 6.71. The summed E-state index contributed by atoms with van der Waals surface area (Å²) in [5, 5.41) is 2.65. The lowest BCUT2D eigenvalue weighted by molar-refractivity contribution is -0.120. The summed E-state index contributed by atoms with van der Waals surface area (Å²) in [4.78, 5) is 27.4. The number of nitrogens with one attached hydrogen (secondary N) is 1. The standard InChI is InChI=1S/C16H17N3O2/c17-15(20)14(9-8-12-5-2-1-3-6-12)19-16(21)13-7-4-10-18-11-13/h1-7,10-11,14H,8-9H2,(H2,17,20)(H,19,21)/t14-/m0/s1. The Balaban J connectivity index is 1.96. The maximum atomic E-state index is 12.0. The second-order valence-electron chi connectivity index (χ2n) is 4.69. The van der Waals surface area contributed by atoms with Crippen LogP contribution in [0.5, 0.6) is 0 Å². The number of hydrogen-bond acceptors (Lipinski definition) is 3. The lowest BCUT2D eigenvalue weighted by Gasteiger charge is -2.15. The van der Waals surface area contributed by atoms with Crippen molar-refractivity contribution in [2.75, 3.05) is 0 Å². The third kappa shape index (κ3) is 4.42. The molecule has 0 spiro atoms. The Bertz CT molecular complexity index is 599. The van der Waals surface area contributed by atoms with E-state index < -0.39 is 11.9 Å². The van der Waals surface area contributed by atoms with Gasteiger partial charge in [-0.05, 0) is 30.5 Å². The van der Waals surface area contributed by atoms with E-state index >= 15 is 0 Å². The van der Waals surface area contributed by atoms with Gasteiger partial charge in [-0.2, -0.15) is 0 Å². The third-order valence-corrected chi connectivity index (χ3v) is 3.14. The van der Waals surface area contributed by atoms with Crippen LogP contribution in [0, 0.1) is 0 Å². The van der Waals surface area contributed by atoms with Crippen molar-refractivity contribution in [3.63, 3.8) is 0 Å². The van der Waals surface area contributed by atoms with Crippen LogP contribution in [0.2, 0.25) is 0 Å². The van der Waals surface area contributed by atoms with Crippen LogP contribution in [0.3, 0.4) is 0 Å². The fraction of sp³-hybridized carbons (Fsp3) is 0.188. The van der Waals surface area contributed by atoms with Crippen molar-refractivity contribution in [1.82, 2.24) is 10.3 Å². The van der Waals surface area contributed by atoms with Gasteiger partial charge in [-0.15, -0.1) is 0 Å². The fourth-order valence-corrected chi connectivity index (χ4v) is 1.98. The molecule has 0 fully saturated rings. The van der Waals surface area contributed by atoms with E-state index in [-0.39, 0.29) is 5.91 Å². The number of carbonyl (C=O) groups excluding carboxylic acids is 2. The predicted octanol–water partition coefficient (Wildman–Crippen LogP) is 1.30. The summed E-state index contributed by atoms with van der Waals surface area (Å²) < 4.78 is 0. The minimum absolute atomic E-state index is 0.347. The van der Waals surface area contributed by atoms with Gasteiger partial charge in [0.25, 0.3) is 5.91 Å². The van der Waals surface area contributed by atoms with Crippen LogP contribution in [0.4, 0.5) is 0 Å². The largest absolute Gasteiger partial charge is 0.368 e. The van der Waals surface area contributed by atoms with Gasteiger partial charge in [0.05, 0.1) is 5.56 Å². The van der Waals surface area contributed by atoms with Gasteiger partial charge in [-0.1, -0.05) is 30.3 Å². The number of primary amides is 1. The first-order chi connectivity index (χ1) is 10.2. The molecule has 0 saturated carbocycles. The number of rotatable bonds is 6. The topological polar surface area (TPSA) is 85.1 Å². The number of benzene rings is 1. The van der Waals surface area contributed by atoms with Gasteiger partial charge >= 0.3 is 0 Å². The Morgan fingerprint density at radius 1 is 1.14 bits per heavy atom. The van der Waals surface area contributed by atoms with Crippen LogP contribution in [0.15, 0.2) is 54.9 Å². The molecule has 108 valence electrons. The molecule has 0 radical (unpaired) electrons. The summed E-state index contributed by atoms with van der Waals surface area (Å²) in [6.07, 6.45) is 4.16. The number of aromatic nitrogens is 1. The monoisotopic (exact) mass is 283 g/mol. The molecule has 5 heteroatoms. The van der Waals surface area contributed by atoms with Gasteiger partial charge in [-0.25, -0.2) is 0 Å². The van der Waals surface area contributed by atoms with Crippen molar-refractivity contribution >= 4 is 11.8 Å². The first-order valence-electron chi connectivity index (χ1n) is 6.71. The molecule has 0 saturated heterocycles. The smallest absolute Gasteiger partial charge is 0.253 e. The summed E-state index contributed by atoms with van der Waals surface area (Å²) in [6.45, 7) is 0. The van der Waals surface area contributed by atoms with Gasteiger partial charge in [0.1, 0.15) is 6.04 Å². The molecule has 1 atom stereocenters. The molecule has 3 N–H and O–H groups in total. The van der Waals surface area contributed by atoms with E-state index in [1.807, 2.05) is 30.3 Å². The third-order valence-electron chi connectivity index (χ3n) is 3.14. The van der Waals surface area contributed by atoms with E-state index in [0.29, 0.717) is 18.4 Å². The van der Waals surface area contributed by atoms with E-state index in [9.17, 15) is 9.59 Å². The maximum absolute atomic E-state index is 12.0. The minimum Gasteiger partial charge on any atom is -0.368 e. The van der Waals surface area contributed by atoms with Crippen molar-refractivity contribution in [1.29, 1.82) is 0 Å². The Morgan fingerprint density at radius 2 is 1.90 bits per heavy atom. The van der Waals surface area contributed by atoms with Crippen LogP contribution >= 0.6 is 0 Å². The summed E-state index contributed by atoms with van der Waals surface area (Å²) in [5.74, 6) is -0.886. The summed E-state index contributed by atoms with van der Waals surface area (Å²) in [7, 11) is 0. The van der Waals surface area contributed by atoms with E-state index in [1.165, 1.54) is 6.20 Å². The second-order valence-corrected chi connectivity index (χ2v) is 4.69. The molecular formula is C16H17N3O2. The van der Waals surface area contributed by atoms with E-state index in [4.69, 9.17) is 5.73 Å². The lowest BCUT2D eigenvalue weighted by Crippen LogP contribution is -2.44. The van der Waals surface area contributed by atoms with Gasteiger partial charge in [-0.3, -0.25) is 14.6 Å². The molecule has 1 heterocycles. The predicted molar refractivity (Wildman–Crippen MR) is 79.4 cm³/mol. The summed E-state index contributed by atoms with van der Waals surface area (Å²) >= 11 is 0. The van der Waals surface area contributed by atoms with Crippen molar-refractivity contribution in [3.05, 3.63) is 66.0 Å². The highest BCUT2D eigenvalue weighted by Gasteiger charge is 2.18. The lowest BCUT2D eigenvalue weighted by atomic mass is 10.0. The average Bonchev–Trinajstić information content (AvgIpc) is 2.52. The summed E-state index contributed by atoms with van der Waals surface area (Å²) in [6, 6.07) is 12.3. The molecule has 5 nitrogen and oxygen atoms in total. The number of aryl methyl sites for hydroxylation is 1. The van der Waals surface area contributed by atoms with Crippen molar-refractivity contribution in [2.45, 2.75) is 18.9 Å². The van der Waals surface area contributed by atoms with Gasteiger partial charge in [0.15, 0.2) is 0 Å². The maximum Gasteiger partial charge on any atom is 0.253 e. The molecule has 0 aliphatic rings. The highest BCUT2D eigenvalue weighted by atomic mass is 16.2. The zero-order chi connectivity index (χ0) is 15.1. The minimum atomic E-state index is -0.696.